The standard InChI is InChI=1S/C20H30N2O7S/c1-20(2,3)29-19(25)22(30(26,27)11-10-21(4)5)16-9-8-15(18(23)24)12-17(16)28-13-14-6-7-14/h8-9,12,14H,6-7,10-11,13H2,1-5H3,(H,23,24). The van der Waals surface area contributed by atoms with Crippen LogP contribution in [0.1, 0.15) is 44.0 Å². The largest absolute Gasteiger partial charge is 0.491 e. The van der Waals surface area contributed by atoms with Gasteiger partial charge in [0, 0.05) is 6.54 Å². The lowest BCUT2D eigenvalue weighted by molar-refractivity contribution is 0.0607. The summed E-state index contributed by atoms with van der Waals surface area (Å²) in [6.45, 7) is 5.40. The number of carbonyl (C=O) groups is 2. The van der Waals surface area contributed by atoms with Crippen molar-refractivity contribution in [3.05, 3.63) is 23.8 Å². The molecule has 1 N–H and O–H groups in total. The van der Waals surface area contributed by atoms with Crippen LogP contribution in [0, 0.1) is 5.92 Å². The number of carbonyl (C=O) groups excluding carboxylic acids is 1. The van der Waals surface area contributed by atoms with E-state index < -0.39 is 27.7 Å². The third-order valence-corrected chi connectivity index (χ3v) is 5.83. The predicted octanol–water partition coefficient (Wildman–Crippen LogP) is 2.81. The number of amides is 1. The minimum Gasteiger partial charge on any atom is -0.491 e. The van der Waals surface area contributed by atoms with Crippen molar-refractivity contribution in [2.45, 2.75) is 39.2 Å². The third-order valence-electron chi connectivity index (χ3n) is 4.23. The maximum absolute atomic E-state index is 13.1. The molecule has 1 aromatic rings. The van der Waals surface area contributed by atoms with E-state index in [1.54, 1.807) is 39.8 Å². The van der Waals surface area contributed by atoms with Gasteiger partial charge in [-0.25, -0.2) is 18.0 Å². The number of carboxylic acids is 1. The van der Waals surface area contributed by atoms with Gasteiger partial charge in [0.05, 0.1) is 17.9 Å². The van der Waals surface area contributed by atoms with Crippen molar-refractivity contribution in [2.75, 3.05) is 37.3 Å². The number of carboxylic acid groups (broad SMARTS) is 1. The Morgan fingerprint density at radius 3 is 2.33 bits per heavy atom. The van der Waals surface area contributed by atoms with E-state index >= 15 is 0 Å². The maximum Gasteiger partial charge on any atom is 0.429 e. The normalized spacial score (nSPS) is 14.5. The van der Waals surface area contributed by atoms with Gasteiger partial charge in [-0.15, -0.1) is 0 Å². The fourth-order valence-electron chi connectivity index (χ4n) is 2.48. The number of rotatable bonds is 9. The molecule has 0 heterocycles. The van der Waals surface area contributed by atoms with Crippen LogP contribution in [0.2, 0.25) is 0 Å². The topological polar surface area (TPSA) is 113 Å². The Hall–Kier alpha value is -2.33. The van der Waals surface area contributed by atoms with Gasteiger partial charge in [0.15, 0.2) is 0 Å². The smallest absolute Gasteiger partial charge is 0.429 e. The Kier molecular flexibility index (Phi) is 7.36. The first-order valence-corrected chi connectivity index (χ1v) is 11.3. The quantitative estimate of drug-likeness (QED) is 0.621. The van der Waals surface area contributed by atoms with E-state index in [2.05, 4.69) is 0 Å². The number of hydrogen-bond donors (Lipinski definition) is 1. The zero-order chi connectivity index (χ0) is 22.7. The molecule has 1 aliphatic rings. The monoisotopic (exact) mass is 442 g/mol. The minimum absolute atomic E-state index is 0.0149. The maximum atomic E-state index is 13.1. The van der Waals surface area contributed by atoms with E-state index in [1.165, 1.54) is 18.2 Å². The first-order valence-electron chi connectivity index (χ1n) is 9.71. The van der Waals surface area contributed by atoms with Gasteiger partial charge in [-0.2, -0.15) is 4.31 Å². The second-order valence-corrected chi connectivity index (χ2v) is 10.5. The van der Waals surface area contributed by atoms with Gasteiger partial charge in [0.1, 0.15) is 17.0 Å². The molecule has 1 aliphatic carbocycles. The van der Waals surface area contributed by atoms with Gasteiger partial charge in [-0.05, 0) is 71.8 Å². The molecule has 0 spiro atoms. The molecule has 1 aromatic carbocycles. The van der Waals surface area contributed by atoms with Crippen LogP contribution in [0.25, 0.3) is 0 Å². The van der Waals surface area contributed by atoms with E-state index in [1.807, 2.05) is 0 Å². The van der Waals surface area contributed by atoms with Crippen LogP contribution in [0.4, 0.5) is 10.5 Å². The average molecular weight is 443 g/mol. The number of hydrogen-bond acceptors (Lipinski definition) is 7. The second kappa shape index (κ2) is 9.22. The molecule has 30 heavy (non-hydrogen) atoms. The number of sulfonamides is 1. The van der Waals surface area contributed by atoms with E-state index in [-0.39, 0.29) is 29.3 Å². The van der Waals surface area contributed by atoms with E-state index in [4.69, 9.17) is 9.47 Å². The fraction of sp³-hybridized carbons (Fsp3) is 0.600. The van der Waals surface area contributed by atoms with Crippen LogP contribution in [0.5, 0.6) is 5.75 Å². The van der Waals surface area contributed by atoms with Crippen molar-refractivity contribution in [2.24, 2.45) is 5.92 Å². The number of nitrogens with zero attached hydrogens (tertiary/aromatic N) is 2. The SMILES string of the molecule is CN(C)CCS(=O)(=O)N(C(=O)OC(C)(C)C)c1ccc(C(=O)O)cc1OCC1CC1. The molecule has 0 unspecified atom stereocenters. The number of aromatic carboxylic acids is 1. The van der Waals surface area contributed by atoms with Gasteiger partial charge >= 0.3 is 12.1 Å². The van der Waals surface area contributed by atoms with Crippen LogP contribution >= 0.6 is 0 Å². The molecule has 10 heteroatoms. The molecule has 0 saturated heterocycles. The highest BCUT2D eigenvalue weighted by Crippen LogP contribution is 2.36. The summed E-state index contributed by atoms with van der Waals surface area (Å²) in [5, 5.41) is 9.31. The van der Waals surface area contributed by atoms with Gasteiger partial charge < -0.3 is 19.5 Å². The van der Waals surface area contributed by atoms with E-state index in [0.717, 1.165) is 12.8 Å². The zero-order valence-corrected chi connectivity index (χ0v) is 18.9. The number of ether oxygens (including phenoxy) is 2. The molecular formula is C20H30N2O7S. The predicted molar refractivity (Wildman–Crippen MR) is 113 cm³/mol. The van der Waals surface area contributed by atoms with Crippen LogP contribution in [0.3, 0.4) is 0 Å². The molecule has 0 radical (unpaired) electrons. The minimum atomic E-state index is -4.13. The second-order valence-electron chi connectivity index (χ2n) is 8.61. The molecule has 1 fully saturated rings. The van der Waals surface area contributed by atoms with Crippen molar-refractivity contribution in [3.8, 4) is 5.75 Å². The lowest BCUT2D eigenvalue weighted by Gasteiger charge is -2.28. The molecule has 0 bridgehead atoms. The van der Waals surface area contributed by atoms with Gasteiger partial charge in [-0.1, -0.05) is 0 Å². The van der Waals surface area contributed by atoms with Crippen molar-refractivity contribution >= 4 is 27.8 Å². The highest BCUT2D eigenvalue weighted by Gasteiger charge is 2.36. The Bertz CT molecular complexity index is 887. The first-order chi connectivity index (χ1) is 13.8. The lowest BCUT2D eigenvalue weighted by atomic mass is 10.2. The summed E-state index contributed by atoms with van der Waals surface area (Å²) < 4.78 is 37.9. The summed E-state index contributed by atoms with van der Waals surface area (Å²) >= 11 is 0. The van der Waals surface area contributed by atoms with Gasteiger partial charge in [0.2, 0.25) is 10.0 Å². The fourth-order valence-corrected chi connectivity index (χ4v) is 3.97. The molecule has 9 nitrogen and oxygen atoms in total. The Balaban J connectivity index is 2.51. The third kappa shape index (κ3) is 6.88. The van der Waals surface area contributed by atoms with Gasteiger partial charge in [0.25, 0.3) is 0 Å². The summed E-state index contributed by atoms with van der Waals surface area (Å²) in [6, 6.07) is 3.74. The Morgan fingerprint density at radius 2 is 1.83 bits per heavy atom. The number of benzene rings is 1. The summed E-state index contributed by atoms with van der Waals surface area (Å²) in [4.78, 5) is 26.0. The highest BCUT2D eigenvalue weighted by molar-refractivity contribution is 7.93. The lowest BCUT2D eigenvalue weighted by Crippen LogP contribution is -2.43. The average Bonchev–Trinajstić information content (AvgIpc) is 3.41. The molecule has 1 amide bonds. The van der Waals surface area contributed by atoms with Crippen molar-refractivity contribution in [1.29, 1.82) is 0 Å². The summed E-state index contributed by atoms with van der Waals surface area (Å²) in [5.41, 5.74) is -1.06. The van der Waals surface area contributed by atoms with Crippen LogP contribution in [0.15, 0.2) is 18.2 Å². The molecule has 2 rings (SSSR count). The van der Waals surface area contributed by atoms with Crippen LogP contribution in [-0.2, 0) is 14.8 Å². The Morgan fingerprint density at radius 1 is 1.20 bits per heavy atom. The van der Waals surface area contributed by atoms with Crippen LogP contribution < -0.4 is 9.04 Å². The zero-order valence-electron chi connectivity index (χ0n) is 18.0. The van der Waals surface area contributed by atoms with Gasteiger partial charge in [-0.3, -0.25) is 0 Å². The van der Waals surface area contributed by atoms with Crippen molar-refractivity contribution < 1.29 is 32.6 Å². The first kappa shape index (κ1) is 23.9. The summed E-state index contributed by atoms with van der Waals surface area (Å²) in [5.74, 6) is -1.16. The van der Waals surface area contributed by atoms with Crippen molar-refractivity contribution in [1.82, 2.24) is 4.90 Å². The van der Waals surface area contributed by atoms with E-state index in [0.29, 0.717) is 16.8 Å². The highest BCUT2D eigenvalue weighted by atomic mass is 32.2. The molecule has 0 atom stereocenters. The Labute approximate surface area is 177 Å². The summed E-state index contributed by atoms with van der Waals surface area (Å²) in [7, 11) is -0.688. The molecular weight excluding hydrogens is 412 g/mol. The number of anilines is 1. The van der Waals surface area contributed by atoms with E-state index in [9.17, 15) is 23.1 Å². The molecule has 168 valence electrons. The molecule has 1 saturated carbocycles. The summed E-state index contributed by atoms with van der Waals surface area (Å²) in [6.07, 6.45) is 0.913. The van der Waals surface area contributed by atoms with Crippen LogP contribution in [-0.4, -0.2) is 69.1 Å². The molecule has 0 aliphatic heterocycles. The molecule has 0 aromatic heterocycles. The van der Waals surface area contributed by atoms with Crippen molar-refractivity contribution in [3.63, 3.8) is 0 Å².